The molecule has 2 atom stereocenters. The summed E-state index contributed by atoms with van der Waals surface area (Å²) in [6, 6.07) is 10.2. The van der Waals surface area contributed by atoms with Crippen molar-refractivity contribution in [2.24, 2.45) is 0 Å². The van der Waals surface area contributed by atoms with Crippen LogP contribution in [0.15, 0.2) is 45.6 Å². The van der Waals surface area contributed by atoms with E-state index in [1.165, 1.54) is 18.2 Å². The fraction of sp³-hybridized carbons (Fsp3) is 0.318. The Morgan fingerprint density at radius 3 is 2.82 bits per heavy atom. The van der Waals surface area contributed by atoms with Gasteiger partial charge in [-0.15, -0.1) is 0 Å². The quantitative estimate of drug-likeness (QED) is 0.688. The molecule has 0 aliphatic heterocycles. The van der Waals surface area contributed by atoms with Crippen LogP contribution in [0.5, 0.6) is 5.75 Å². The molecule has 1 saturated carbocycles. The van der Waals surface area contributed by atoms with Crippen molar-refractivity contribution in [3.63, 3.8) is 0 Å². The van der Waals surface area contributed by atoms with Gasteiger partial charge in [0.05, 0.1) is 17.6 Å². The average Bonchev–Trinajstić information content (AvgIpc) is 3.47. The van der Waals surface area contributed by atoms with Gasteiger partial charge in [0.25, 0.3) is 0 Å². The molecule has 2 aromatic heterocycles. The van der Waals surface area contributed by atoms with Crippen LogP contribution < -0.4 is 10.2 Å². The van der Waals surface area contributed by atoms with Crippen LogP contribution in [0.3, 0.4) is 0 Å². The van der Waals surface area contributed by atoms with Crippen LogP contribution in [0.4, 0.5) is 0 Å². The number of aryl methyl sites for hydroxylation is 1. The van der Waals surface area contributed by atoms with Crippen LogP contribution in [0.1, 0.15) is 59.1 Å². The molecule has 2 heterocycles. The molecule has 0 spiro atoms. The van der Waals surface area contributed by atoms with E-state index < -0.39 is 5.97 Å². The van der Waals surface area contributed by atoms with Gasteiger partial charge in [0.15, 0.2) is 5.76 Å². The maximum atomic E-state index is 13.1. The fourth-order valence-electron chi connectivity index (χ4n) is 3.50. The standard InChI is InChI=1S/C22H21NO5/c1-3-9-27-21-19(24)16-10-13(22(25)26)7-8-18(16)28-20(21)15-11-14(15)17-6-4-5-12(2)23-17/h4-8,10,14-15H,3,9,11H2,1-2H3,(H,25,26)/t14-,15-/m1/s1. The third-order valence-corrected chi connectivity index (χ3v) is 4.99. The molecule has 6 nitrogen and oxygen atoms in total. The van der Waals surface area contributed by atoms with E-state index in [0.29, 0.717) is 18.0 Å². The molecular weight excluding hydrogens is 358 g/mol. The van der Waals surface area contributed by atoms with E-state index in [1.54, 1.807) is 0 Å². The van der Waals surface area contributed by atoms with E-state index in [9.17, 15) is 14.7 Å². The molecule has 0 radical (unpaired) electrons. The molecule has 3 aromatic rings. The molecule has 1 fully saturated rings. The molecule has 1 aliphatic rings. The van der Waals surface area contributed by atoms with Crippen molar-refractivity contribution < 1.29 is 19.1 Å². The van der Waals surface area contributed by atoms with Crippen molar-refractivity contribution in [3.05, 3.63) is 69.3 Å². The first-order valence-corrected chi connectivity index (χ1v) is 9.40. The maximum Gasteiger partial charge on any atom is 0.335 e. The number of hydrogen-bond donors (Lipinski definition) is 1. The predicted octanol–water partition coefficient (Wildman–Crippen LogP) is 4.25. The van der Waals surface area contributed by atoms with Crippen LogP contribution in [-0.2, 0) is 0 Å². The summed E-state index contributed by atoms with van der Waals surface area (Å²) in [5.41, 5.74) is 2.02. The highest BCUT2D eigenvalue weighted by Crippen LogP contribution is 2.56. The van der Waals surface area contributed by atoms with E-state index >= 15 is 0 Å². The van der Waals surface area contributed by atoms with Gasteiger partial charge < -0.3 is 14.3 Å². The maximum absolute atomic E-state index is 13.1. The van der Waals surface area contributed by atoms with Crippen molar-refractivity contribution in [3.8, 4) is 5.75 Å². The Balaban J connectivity index is 1.80. The Hall–Kier alpha value is -3.15. The minimum atomic E-state index is -1.09. The number of carbonyl (C=O) groups is 1. The first-order valence-electron chi connectivity index (χ1n) is 9.40. The van der Waals surface area contributed by atoms with Crippen molar-refractivity contribution >= 4 is 16.9 Å². The van der Waals surface area contributed by atoms with Gasteiger partial charge in [0, 0.05) is 23.2 Å². The summed E-state index contributed by atoms with van der Waals surface area (Å²) in [5.74, 6) is -0.159. The summed E-state index contributed by atoms with van der Waals surface area (Å²) in [6.07, 6.45) is 1.58. The molecule has 0 bridgehead atoms. The van der Waals surface area contributed by atoms with Crippen LogP contribution >= 0.6 is 0 Å². The molecule has 0 saturated heterocycles. The zero-order valence-corrected chi connectivity index (χ0v) is 15.8. The number of fused-ring (bicyclic) bond motifs is 1. The van der Waals surface area contributed by atoms with Crippen molar-refractivity contribution in [2.75, 3.05) is 6.61 Å². The second-order valence-corrected chi connectivity index (χ2v) is 7.14. The first kappa shape index (κ1) is 18.2. The summed E-state index contributed by atoms with van der Waals surface area (Å²) in [6.45, 7) is 4.30. The average molecular weight is 379 g/mol. The Labute approximate surface area is 161 Å². The van der Waals surface area contributed by atoms with Crippen molar-refractivity contribution in [2.45, 2.75) is 38.5 Å². The zero-order chi connectivity index (χ0) is 19.8. The SMILES string of the molecule is CCCOc1c([C@@H]2C[C@H]2c2cccc(C)n2)oc2ccc(C(=O)O)cc2c1=O. The lowest BCUT2D eigenvalue weighted by atomic mass is 10.1. The van der Waals surface area contributed by atoms with Gasteiger partial charge in [-0.2, -0.15) is 0 Å². The van der Waals surface area contributed by atoms with E-state index in [0.717, 1.165) is 24.2 Å². The summed E-state index contributed by atoms with van der Waals surface area (Å²) < 4.78 is 11.8. The number of rotatable bonds is 6. The molecule has 0 amide bonds. The van der Waals surface area contributed by atoms with Crippen LogP contribution in [-0.4, -0.2) is 22.7 Å². The van der Waals surface area contributed by atoms with E-state index in [1.807, 2.05) is 32.0 Å². The Kier molecular flexibility index (Phi) is 4.63. The lowest BCUT2D eigenvalue weighted by molar-refractivity contribution is 0.0697. The molecule has 28 heavy (non-hydrogen) atoms. The van der Waals surface area contributed by atoms with E-state index in [-0.39, 0.29) is 34.0 Å². The predicted molar refractivity (Wildman–Crippen MR) is 104 cm³/mol. The third-order valence-electron chi connectivity index (χ3n) is 4.99. The van der Waals surface area contributed by atoms with E-state index in [4.69, 9.17) is 9.15 Å². The van der Waals surface area contributed by atoms with Gasteiger partial charge in [-0.1, -0.05) is 13.0 Å². The van der Waals surface area contributed by atoms with Crippen LogP contribution in [0, 0.1) is 6.92 Å². The number of benzene rings is 1. The van der Waals surface area contributed by atoms with Crippen LogP contribution in [0.2, 0.25) is 0 Å². The number of pyridine rings is 1. The highest BCUT2D eigenvalue weighted by atomic mass is 16.5. The summed E-state index contributed by atoms with van der Waals surface area (Å²) >= 11 is 0. The monoisotopic (exact) mass is 379 g/mol. The van der Waals surface area contributed by atoms with Gasteiger partial charge in [-0.3, -0.25) is 9.78 Å². The highest BCUT2D eigenvalue weighted by molar-refractivity contribution is 5.93. The number of hydrogen-bond acceptors (Lipinski definition) is 5. The molecule has 1 aromatic carbocycles. The number of aromatic carboxylic acids is 1. The fourth-order valence-corrected chi connectivity index (χ4v) is 3.50. The molecule has 0 unspecified atom stereocenters. The van der Waals surface area contributed by atoms with Crippen molar-refractivity contribution in [1.82, 2.24) is 4.98 Å². The van der Waals surface area contributed by atoms with Gasteiger partial charge in [0.1, 0.15) is 5.58 Å². The molecule has 6 heteroatoms. The summed E-state index contributed by atoms with van der Waals surface area (Å²) in [5, 5.41) is 9.43. The van der Waals surface area contributed by atoms with Gasteiger partial charge in [-0.05, 0) is 50.1 Å². The van der Waals surface area contributed by atoms with Gasteiger partial charge in [-0.25, -0.2) is 4.79 Å². The Morgan fingerprint density at radius 1 is 1.29 bits per heavy atom. The third kappa shape index (κ3) is 3.26. The zero-order valence-electron chi connectivity index (χ0n) is 15.8. The Bertz CT molecular complexity index is 1120. The first-order chi connectivity index (χ1) is 13.5. The van der Waals surface area contributed by atoms with E-state index in [2.05, 4.69) is 4.98 Å². The highest BCUT2D eigenvalue weighted by Gasteiger charge is 2.45. The molecular formula is C22H21NO5. The largest absolute Gasteiger partial charge is 0.486 e. The number of nitrogens with zero attached hydrogens (tertiary/aromatic N) is 1. The second-order valence-electron chi connectivity index (χ2n) is 7.14. The minimum absolute atomic E-state index is 0.0254. The number of aromatic nitrogens is 1. The normalized spacial score (nSPS) is 18.2. The molecule has 1 N–H and O–H groups in total. The number of ether oxygens (including phenoxy) is 1. The Morgan fingerprint density at radius 2 is 2.11 bits per heavy atom. The lowest BCUT2D eigenvalue weighted by Gasteiger charge is -2.11. The topological polar surface area (TPSA) is 89.6 Å². The minimum Gasteiger partial charge on any atom is -0.486 e. The van der Waals surface area contributed by atoms with Gasteiger partial charge >= 0.3 is 5.97 Å². The molecule has 1 aliphatic carbocycles. The smallest absolute Gasteiger partial charge is 0.335 e. The summed E-state index contributed by atoms with van der Waals surface area (Å²) in [7, 11) is 0. The molecule has 4 rings (SSSR count). The number of carboxylic acids is 1. The molecule has 144 valence electrons. The number of carboxylic acid groups (broad SMARTS) is 1. The van der Waals surface area contributed by atoms with Gasteiger partial charge in [0.2, 0.25) is 11.2 Å². The summed E-state index contributed by atoms with van der Waals surface area (Å²) in [4.78, 5) is 28.9. The second kappa shape index (κ2) is 7.11. The lowest BCUT2D eigenvalue weighted by Crippen LogP contribution is -2.13. The van der Waals surface area contributed by atoms with Crippen LogP contribution in [0.25, 0.3) is 11.0 Å². The van der Waals surface area contributed by atoms with Crippen molar-refractivity contribution in [1.29, 1.82) is 0 Å².